The number of rotatable bonds is 7. The van der Waals surface area contributed by atoms with Gasteiger partial charge in [-0.15, -0.1) is 11.8 Å². The molecule has 138 valence electrons. The minimum Gasteiger partial charge on any atom is -0.455 e. The van der Waals surface area contributed by atoms with Crippen LogP contribution in [0.1, 0.15) is 27.7 Å². The van der Waals surface area contributed by atoms with Crippen molar-refractivity contribution in [1.29, 1.82) is 0 Å². The predicted molar refractivity (Wildman–Crippen MR) is 95.8 cm³/mol. The Bertz CT molecular complexity index is 614. The van der Waals surface area contributed by atoms with Gasteiger partial charge in [-0.05, 0) is 52.0 Å². The lowest BCUT2D eigenvalue weighted by atomic mass is 10.1. The van der Waals surface area contributed by atoms with Gasteiger partial charge < -0.3 is 15.4 Å². The molecule has 0 spiro atoms. The van der Waals surface area contributed by atoms with E-state index in [1.54, 1.807) is 6.92 Å². The summed E-state index contributed by atoms with van der Waals surface area (Å²) < 4.78 is 17.7. The van der Waals surface area contributed by atoms with E-state index in [0.717, 1.165) is 11.8 Å². The summed E-state index contributed by atoms with van der Waals surface area (Å²) in [5, 5.41) is 4.68. The molecule has 1 atom stereocenters. The average Bonchev–Trinajstić information content (AvgIpc) is 2.51. The van der Waals surface area contributed by atoms with Crippen molar-refractivity contribution in [2.24, 2.45) is 0 Å². The van der Waals surface area contributed by atoms with Gasteiger partial charge in [-0.25, -0.2) is 4.39 Å². The molecule has 0 aromatic heterocycles. The van der Waals surface area contributed by atoms with Crippen LogP contribution < -0.4 is 10.6 Å². The maximum absolute atomic E-state index is 12.8. The van der Waals surface area contributed by atoms with E-state index < -0.39 is 16.8 Å². The molecule has 0 saturated heterocycles. The molecule has 8 heteroatoms. The highest BCUT2D eigenvalue weighted by molar-refractivity contribution is 8.01. The molecular weight excluding hydrogens is 347 g/mol. The van der Waals surface area contributed by atoms with Crippen molar-refractivity contribution >= 4 is 35.2 Å². The predicted octanol–water partition coefficient (Wildman–Crippen LogP) is 2.34. The van der Waals surface area contributed by atoms with E-state index in [9.17, 15) is 18.8 Å². The lowest BCUT2D eigenvalue weighted by Gasteiger charge is -2.20. The van der Waals surface area contributed by atoms with Crippen LogP contribution in [0.3, 0.4) is 0 Å². The van der Waals surface area contributed by atoms with Gasteiger partial charge in [0.05, 0.1) is 5.75 Å². The van der Waals surface area contributed by atoms with Gasteiger partial charge in [-0.1, -0.05) is 0 Å². The van der Waals surface area contributed by atoms with E-state index in [1.165, 1.54) is 24.3 Å². The lowest BCUT2D eigenvalue weighted by Crippen LogP contribution is -2.43. The third-order valence-electron chi connectivity index (χ3n) is 2.78. The number of thioether (sulfide) groups is 1. The minimum atomic E-state index is -0.596. The van der Waals surface area contributed by atoms with E-state index in [-0.39, 0.29) is 30.0 Å². The third kappa shape index (κ3) is 9.09. The molecule has 0 aliphatic carbocycles. The molecule has 0 radical (unpaired) electrons. The summed E-state index contributed by atoms with van der Waals surface area (Å²) in [6, 6.07) is 5.38. The molecule has 0 aliphatic heterocycles. The van der Waals surface area contributed by atoms with Crippen molar-refractivity contribution in [3.63, 3.8) is 0 Å². The number of carbonyl (C=O) groups excluding carboxylic acids is 3. The molecule has 1 rings (SSSR count). The fraction of sp³-hybridized carbons (Fsp3) is 0.471. The van der Waals surface area contributed by atoms with Crippen LogP contribution in [0.5, 0.6) is 0 Å². The monoisotopic (exact) mass is 370 g/mol. The highest BCUT2D eigenvalue weighted by atomic mass is 32.2. The van der Waals surface area contributed by atoms with Crippen molar-refractivity contribution in [1.82, 2.24) is 5.32 Å². The number of anilines is 1. The van der Waals surface area contributed by atoms with E-state index in [0.29, 0.717) is 5.69 Å². The number of esters is 1. The second kappa shape index (κ2) is 9.41. The molecule has 0 bridgehead atoms. The molecule has 0 heterocycles. The van der Waals surface area contributed by atoms with Crippen molar-refractivity contribution < 1.29 is 23.5 Å². The van der Waals surface area contributed by atoms with Crippen LogP contribution >= 0.6 is 11.8 Å². The molecule has 1 aromatic carbocycles. The highest BCUT2D eigenvalue weighted by Crippen LogP contribution is 2.14. The number of ether oxygens (including phenoxy) is 1. The Labute approximate surface area is 150 Å². The van der Waals surface area contributed by atoms with Gasteiger partial charge in [0.15, 0.2) is 6.61 Å². The standard InChI is InChI=1S/C17H23FN2O4S/c1-11(16(23)24-9-14(21)20-17(2,3)4)25-10-15(22)19-13-7-5-12(18)6-8-13/h5-8,11H,9-10H2,1-4H3,(H,19,22)(H,20,21)/t11-/m0/s1. The molecule has 0 saturated carbocycles. The number of carbonyl (C=O) groups is 3. The fourth-order valence-electron chi connectivity index (χ4n) is 1.71. The first kappa shape index (κ1) is 21.0. The Kier molecular flexibility index (Phi) is 7.89. The number of amides is 2. The summed E-state index contributed by atoms with van der Waals surface area (Å²) in [4.78, 5) is 35.2. The molecular formula is C17H23FN2O4S. The van der Waals surface area contributed by atoms with Crippen LogP contribution in [0.2, 0.25) is 0 Å². The van der Waals surface area contributed by atoms with Gasteiger partial charge in [0.2, 0.25) is 5.91 Å². The maximum Gasteiger partial charge on any atom is 0.319 e. The van der Waals surface area contributed by atoms with Crippen molar-refractivity contribution in [2.45, 2.75) is 38.5 Å². The third-order valence-corrected chi connectivity index (χ3v) is 3.91. The van der Waals surface area contributed by atoms with E-state index in [1.807, 2.05) is 20.8 Å². The first-order valence-corrected chi connectivity index (χ1v) is 8.76. The minimum absolute atomic E-state index is 0.0296. The van der Waals surface area contributed by atoms with Gasteiger partial charge in [0, 0.05) is 11.2 Å². The zero-order valence-corrected chi connectivity index (χ0v) is 15.5. The number of hydrogen-bond acceptors (Lipinski definition) is 5. The van der Waals surface area contributed by atoms with Crippen LogP contribution in [0.15, 0.2) is 24.3 Å². The van der Waals surface area contributed by atoms with E-state index in [2.05, 4.69) is 10.6 Å². The SMILES string of the molecule is C[C@H](SCC(=O)Nc1ccc(F)cc1)C(=O)OCC(=O)NC(C)(C)C. The van der Waals surface area contributed by atoms with Crippen molar-refractivity contribution in [3.05, 3.63) is 30.1 Å². The number of halogens is 1. The molecule has 1 aromatic rings. The van der Waals surface area contributed by atoms with Gasteiger partial charge >= 0.3 is 5.97 Å². The number of nitrogens with one attached hydrogen (secondary N) is 2. The van der Waals surface area contributed by atoms with Gasteiger partial charge in [0.1, 0.15) is 11.1 Å². The van der Waals surface area contributed by atoms with Crippen LogP contribution in [-0.4, -0.2) is 40.9 Å². The summed E-state index contributed by atoms with van der Waals surface area (Å²) in [7, 11) is 0. The largest absolute Gasteiger partial charge is 0.455 e. The van der Waals surface area contributed by atoms with Gasteiger partial charge in [-0.2, -0.15) is 0 Å². The lowest BCUT2D eigenvalue weighted by molar-refractivity contribution is -0.148. The Morgan fingerprint density at radius 2 is 1.76 bits per heavy atom. The smallest absolute Gasteiger partial charge is 0.319 e. The highest BCUT2D eigenvalue weighted by Gasteiger charge is 2.19. The zero-order chi connectivity index (χ0) is 19.0. The Balaban J connectivity index is 2.31. The quantitative estimate of drug-likeness (QED) is 0.720. The van der Waals surface area contributed by atoms with Crippen molar-refractivity contribution in [3.8, 4) is 0 Å². The molecule has 0 aliphatic rings. The average molecular weight is 370 g/mol. The van der Waals surface area contributed by atoms with Crippen molar-refractivity contribution in [2.75, 3.05) is 17.7 Å². The van der Waals surface area contributed by atoms with E-state index in [4.69, 9.17) is 4.74 Å². The molecule has 25 heavy (non-hydrogen) atoms. The van der Waals surface area contributed by atoms with Crippen LogP contribution in [0.25, 0.3) is 0 Å². The second-order valence-electron chi connectivity index (χ2n) is 6.41. The van der Waals surface area contributed by atoms with E-state index >= 15 is 0 Å². The summed E-state index contributed by atoms with van der Waals surface area (Å²) in [5.41, 5.74) is 0.0727. The normalized spacial score (nSPS) is 12.2. The Morgan fingerprint density at radius 3 is 2.32 bits per heavy atom. The van der Waals surface area contributed by atoms with Gasteiger partial charge in [-0.3, -0.25) is 14.4 Å². The first-order valence-electron chi connectivity index (χ1n) is 7.71. The first-order chi connectivity index (χ1) is 11.6. The zero-order valence-electron chi connectivity index (χ0n) is 14.7. The summed E-state index contributed by atoms with van der Waals surface area (Å²) in [6.07, 6.45) is 0. The second-order valence-corrected chi connectivity index (χ2v) is 7.74. The summed E-state index contributed by atoms with van der Waals surface area (Å²) in [5.74, 6) is -1.63. The van der Waals surface area contributed by atoms with Crippen LogP contribution in [0, 0.1) is 5.82 Å². The number of benzene rings is 1. The fourth-order valence-corrected chi connectivity index (χ4v) is 2.39. The topological polar surface area (TPSA) is 84.5 Å². The molecule has 2 N–H and O–H groups in total. The summed E-state index contributed by atoms with van der Waals surface area (Å²) in [6.45, 7) is 6.71. The molecule has 6 nitrogen and oxygen atoms in total. The van der Waals surface area contributed by atoms with Crippen LogP contribution in [0.4, 0.5) is 10.1 Å². The Hall–Kier alpha value is -2.09. The number of hydrogen-bond donors (Lipinski definition) is 2. The summed E-state index contributed by atoms with van der Waals surface area (Å²) >= 11 is 1.09. The molecule has 0 fully saturated rings. The molecule has 0 unspecified atom stereocenters. The maximum atomic E-state index is 12.8. The molecule has 2 amide bonds. The van der Waals surface area contributed by atoms with Crippen LogP contribution in [-0.2, 0) is 19.1 Å². The van der Waals surface area contributed by atoms with Gasteiger partial charge in [0.25, 0.3) is 5.91 Å². The Morgan fingerprint density at radius 1 is 1.16 bits per heavy atom.